The molecule has 1 saturated heterocycles. The van der Waals surface area contributed by atoms with E-state index < -0.39 is 61.5 Å². The van der Waals surface area contributed by atoms with Crippen molar-refractivity contribution in [1.82, 2.24) is 5.32 Å². The van der Waals surface area contributed by atoms with E-state index >= 15 is 0 Å². The van der Waals surface area contributed by atoms with Gasteiger partial charge in [-0.25, -0.2) is 0 Å². The van der Waals surface area contributed by atoms with Crippen LogP contribution in [-0.2, 0) is 14.3 Å². The Kier molecular flexibility index (Phi) is 36.3. The van der Waals surface area contributed by atoms with Gasteiger partial charge in [-0.1, -0.05) is 192 Å². The summed E-state index contributed by atoms with van der Waals surface area (Å²) < 4.78 is 11.1. The molecule has 0 spiro atoms. The number of allylic oxidation sites excluding steroid dienone is 3. The van der Waals surface area contributed by atoms with Crippen molar-refractivity contribution < 1.29 is 44.9 Å². The number of ether oxygens (including phenoxy) is 2. The van der Waals surface area contributed by atoms with Crippen molar-refractivity contribution in [2.24, 2.45) is 0 Å². The van der Waals surface area contributed by atoms with Gasteiger partial charge in [0.1, 0.15) is 30.5 Å². The summed E-state index contributed by atoms with van der Waals surface area (Å²) in [5.41, 5.74) is 0. The molecule has 1 amide bonds. The molecule has 1 heterocycles. The van der Waals surface area contributed by atoms with Crippen LogP contribution in [0, 0.1) is 0 Å². The molecule has 1 rings (SSSR count). The molecule has 0 aromatic carbocycles. The maximum Gasteiger partial charge on any atom is 0.249 e. The molecule has 8 unspecified atom stereocenters. The molecule has 10 nitrogen and oxygen atoms in total. The van der Waals surface area contributed by atoms with E-state index in [9.17, 15) is 35.4 Å². The van der Waals surface area contributed by atoms with Crippen LogP contribution in [0.15, 0.2) is 24.3 Å². The van der Waals surface area contributed by atoms with E-state index in [0.29, 0.717) is 12.8 Å². The van der Waals surface area contributed by atoms with Gasteiger partial charge in [-0.05, 0) is 44.9 Å². The van der Waals surface area contributed by atoms with E-state index in [-0.39, 0.29) is 6.61 Å². The Morgan fingerprint density at radius 2 is 1.00 bits per heavy atom. The minimum atomic E-state index is -1.61. The number of carbonyl (C=O) groups is 1. The van der Waals surface area contributed by atoms with Gasteiger partial charge in [-0.3, -0.25) is 4.79 Å². The van der Waals surface area contributed by atoms with Gasteiger partial charge in [0.2, 0.25) is 5.91 Å². The first-order valence-electron chi connectivity index (χ1n) is 24.2. The minimum absolute atomic E-state index is 0.304. The number of hydrogen-bond acceptors (Lipinski definition) is 9. The molecular formula is C48H91NO9. The topological polar surface area (TPSA) is 169 Å². The molecule has 1 aliphatic rings. The molecule has 0 bridgehead atoms. The quantitative estimate of drug-likeness (QED) is 0.0235. The molecule has 1 aliphatic heterocycles. The molecule has 0 radical (unpaired) electrons. The first kappa shape index (κ1) is 54.6. The number of aliphatic hydroxyl groups excluding tert-OH is 6. The van der Waals surface area contributed by atoms with E-state index in [1.807, 2.05) is 6.08 Å². The van der Waals surface area contributed by atoms with E-state index in [4.69, 9.17) is 9.47 Å². The molecule has 8 atom stereocenters. The summed E-state index contributed by atoms with van der Waals surface area (Å²) in [5.74, 6) is -0.621. The van der Waals surface area contributed by atoms with Crippen molar-refractivity contribution in [2.75, 3.05) is 13.2 Å². The second-order valence-electron chi connectivity index (χ2n) is 17.0. The second-order valence-corrected chi connectivity index (χ2v) is 17.0. The first-order valence-corrected chi connectivity index (χ1v) is 24.2. The van der Waals surface area contributed by atoms with Crippen LogP contribution in [0.5, 0.6) is 0 Å². The second kappa shape index (κ2) is 38.5. The third-order valence-electron chi connectivity index (χ3n) is 11.6. The molecule has 0 aromatic rings. The van der Waals surface area contributed by atoms with Crippen LogP contribution in [0.2, 0.25) is 0 Å². The number of rotatable bonds is 40. The molecule has 342 valence electrons. The van der Waals surface area contributed by atoms with Crippen LogP contribution in [0.1, 0.15) is 213 Å². The average Bonchev–Trinajstić information content (AvgIpc) is 3.22. The van der Waals surface area contributed by atoms with Crippen LogP contribution in [0.3, 0.4) is 0 Å². The van der Waals surface area contributed by atoms with E-state index in [0.717, 1.165) is 44.9 Å². The van der Waals surface area contributed by atoms with Crippen LogP contribution < -0.4 is 5.32 Å². The van der Waals surface area contributed by atoms with Crippen molar-refractivity contribution in [3.05, 3.63) is 24.3 Å². The third kappa shape index (κ3) is 28.2. The Balaban J connectivity index is 2.37. The fourth-order valence-corrected chi connectivity index (χ4v) is 7.63. The lowest BCUT2D eigenvalue weighted by molar-refractivity contribution is -0.302. The highest BCUT2D eigenvalue weighted by molar-refractivity contribution is 5.80. The van der Waals surface area contributed by atoms with Gasteiger partial charge in [0.05, 0.1) is 25.4 Å². The standard InChI is InChI=1S/C48H91NO9/c1-3-5-7-9-11-13-15-17-18-19-20-21-22-23-25-27-29-31-33-35-37-42(52)47(56)49-40(39-57-48-46(55)45(54)44(53)43(38-50)58-48)41(51)36-34-32-30-28-26-24-16-14-12-10-8-6-4-2/h21-22,34,36,40-46,48,50-55H,3-20,23-33,35,37-39H2,1-2H3,(H,49,56)/b22-21-,36-34+. The van der Waals surface area contributed by atoms with Crippen molar-refractivity contribution >= 4 is 5.91 Å². The molecule has 7 N–H and O–H groups in total. The van der Waals surface area contributed by atoms with Crippen LogP contribution in [0.4, 0.5) is 0 Å². The summed E-state index contributed by atoms with van der Waals surface area (Å²) >= 11 is 0. The van der Waals surface area contributed by atoms with Gasteiger partial charge in [-0.15, -0.1) is 0 Å². The zero-order valence-electron chi connectivity index (χ0n) is 37.2. The van der Waals surface area contributed by atoms with Gasteiger partial charge in [-0.2, -0.15) is 0 Å². The Bertz CT molecular complexity index is 979. The lowest BCUT2D eigenvalue weighted by Crippen LogP contribution is -2.60. The smallest absolute Gasteiger partial charge is 0.249 e. The summed E-state index contributed by atoms with van der Waals surface area (Å²) in [6, 6.07) is -0.980. The van der Waals surface area contributed by atoms with Gasteiger partial charge in [0, 0.05) is 0 Å². The zero-order chi connectivity index (χ0) is 42.5. The van der Waals surface area contributed by atoms with Crippen molar-refractivity contribution in [3.8, 4) is 0 Å². The lowest BCUT2D eigenvalue weighted by Gasteiger charge is -2.40. The molecular weight excluding hydrogens is 735 g/mol. The number of unbranched alkanes of at least 4 members (excludes halogenated alkanes) is 27. The lowest BCUT2D eigenvalue weighted by atomic mass is 9.99. The van der Waals surface area contributed by atoms with Crippen molar-refractivity contribution in [2.45, 2.75) is 262 Å². The molecule has 0 saturated carbocycles. The average molecular weight is 826 g/mol. The number of carbonyl (C=O) groups excluding carboxylic acids is 1. The van der Waals surface area contributed by atoms with Crippen molar-refractivity contribution in [3.63, 3.8) is 0 Å². The predicted octanol–water partition coefficient (Wildman–Crippen LogP) is 9.25. The molecule has 0 aromatic heterocycles. The summed E-state index contributed by atoms with van der Waals surface area (Å²) in [7, 11) is 0. The molecule has 10 heteroatoms. The Morgan fingerprint density at radius 3 is 1.45 bits per heavy atom. The van der Waals surface area contributed by atoms with Crippen LogP contribution >= 0.6 is 0 Å². The number of nitrogens with one attached hydrogen (secondary N) is 1. The van der Waals surface area contributed by atoms with Crippen molar-refractivity contribution in [1.29, 1.82) is 0 Å². The molecule has 0 aliphatic carbocycles. The van der Waals surface area contributed by atoms with Gasteiger partial charge in [0.25, 0.3) is 0 Å². The monoisotopic (exact) mass is 826 g/mol. The van der Waals surface area contributed by atoms with E-state index in [2.05, 4.69) is 31.3 Å². The maximum atomic E-state index is 13.0. The largest absolute Gasteiger partial charge is 0.394 e. The minimum Gasteiger partial charge on any atom is -0.394 e. The Labute approximate surface area is 354 Å². The SMILES string of the molecule is CCCCCCCCCCCC/C=C\CCCCCCCCC(O)C(=O)NC(COC1OC(CO)C(O)C(O)C1O)C(O)/C=C/CCCCCCCCCCCCC. The van der Waals surface area contributed by atoms with E-state index in [1.165, 1.54) is 141 Å². The highest BCUT2D eigenvalue weighted by Gasteiger charge is 2.44. The van der Waals surface area contributed by atoms with Gasteiger partial charge in [0.15, 0.2) is 6.29 Å². The van der Waals surface area contributed by atoms with E-state index in [1.54, 1.807) is 6.08 Å². The normalized spacial score (nSPS) is 21.6. The van der Waals surface area contributed by atoms with Crippen LogP contribution in [0.25, 0.3) is 0 Å². The number of amides is 1. The highest BCUT2D eigenvalue weighted by atomic mass is 16.7. The number of aliphatic hydroxyl groups is 6. The number of hydrogen-bond donors (Lipinski definition) is 7. The fraction of sp³-hybridized carbons (Fsp3) is 0.896. The first-order chi connectivity index (χ1) is 28.3. The molecule has 1 fully saturated rings. The Morgan fingerprint density at radius 1 is 0.586 bits per heavy atom. The predicted molar refractivity (Wildman–Crippen MR) is 236 cm³/mol. The highest BCUT2D eigenvalue weighted by Crippen LogP contribution is 2.23. The van der Waals surface area contributed by atoms with Gasteiger partial charge >= 0.3 is 0 Å². The van der Waals surface area contributed by atoms with Crippen LogP contribution in [-0.4, -0.2) is 98.7 Å². The summed E-state index contributed by atoms with van der Waals surface area (Å²) in [5, 5.41) is 64.7. The summed E-state index contributed by atoms with van der Waals surface area (Å²) in [6.07, 6.45) is 35.5. The molecule has 58 heavy (non-hydrogen) atoms. The summed E-state index contributed by atoms with van der Waals surface area (Å²) in [4.78, 5) is 13.0. The Hall–Kier alpha value is -1.37. The summed E-state index contributed by atoms with van der Waals surface area (Å²) in [6.45, 7) is 3.60. The third-order valence-corrected chi connectivity index (χ3v) is 11.6. The fourth-order valence-electron chi connectivity index (χ4n) is 7.63. The maximum absolute atomic E-state index is 13.0. The van der Waals surface area contributed by atoms with Gasteiger partial charge < -0.3 is 45.4 Å². The zero-order valence-corrected chi connectivity index (χ0v) is 37.2.